The van der Waals surface area contributed by atoms with E-state index in [0.29, 0.717) is 12.3 Å². The molecule has 0 aromatic heterocycles. The first-order chi connectivity index (χ1) is 15.8. The van der Waals surface area contributed by atoms with Gasteiger partial charge in [-0.3, -0.25) is 0 Å². The Morgan fingerprint density at radius 3 is 2.36 bits per heavy atom. The van der Waals surface area contributed by atoms with Crippen LogP contribution in [0, 0.1) is 17.2 Å². The Morgan fingerprint density at radius 2 is 1.73 bits per heavy atom. The molecule has 1 saturated carbocycles. The average Bonchev–Trinajstić information content (AvgIpc) is 2.81. The second kappa shape index (κ2) is 11.1. The smallest absolute Gasteiger partial charge is 0.505 e. The third kappa shape index (κ3) is 6.22. The number of hydrogen-bond acceptors (Lipinski definition) is 4. The van der Waals surface area contributed by atoms with E-state index in [2.05, 4.69) is 37.9 Å². The highest BCUT2D eigenvalue weighted by atomic mass is 16.5. The molecular formula is C28H35N2O3+. The average molecular weight is 448 g/mol. The van der Waals surface area contributed by atoms with Gasteiger partial charge < -0.3 is 9.84 Å². The zero-order valence-corrected chi connectivity index (χ0v) is 19.9. The van der Waals surface area contributed by atoms with Crippen LogP contribution in [0.25, 0.3) is 4.98 Å². The third-order valence-electron chi connectivity index (χ3n) is 7.05. The monoisotopic (exact) mass is 447 g/mol. The Morgan fingerprint density at radius 1 is 1.09 bits per heavy atom. The summed E-state index contributed by atoms with van der Waals surface area (Å²) in [5.41, 5.74) is 1.77. The van der Waals surface area contributed by atoms with Gasteiger partial charge >= 0.3 is 11.7 Å². The van der Waals surface area contributed by atoms with E-state index in [1.807, 2.05) is 48.5 Å². The maximum Gasteiger partial charge on any atom is 0.505 e. The van der Waals surface area contributed by atoms with Crippen molar-refractivity contribution in [3.8, 4) is 0 Å². The molecule has 1 aliphatic rings. The molecule has 1 N–H and O–H groups in total. The van der Waals surface area contributed by atoms with Gasteiger partial charge in [0.05, 0.1) is 0 Å². The Hall–Kier alpha value is -3.13. The van der Waals surface area contributed by atoms with Crippen molar-refractivity contribution >= 4 is 5.97 Å². The molecule has 0 unspecified atom stereocenters. The summed E-state index contributed by atoms with van der Waals surface area (Å²) in [7, 11) is 0. The van der Waals surface area contributed by atoms with E-state index in [-0.39, 0.29) is 29.6 Å². The van der Waals surface area contributed by atoms with Crippen LogP contribution in [-0.2, 0) is 21.4 Å². The number of carbonyl (C=O) groups excluding carboxylic acids is 1. The van der Waals surface area contributed by atoms with Gasteiger partial charge in [0.2, 0.25) is 5.39 Å². The third-order valence-corrected chi connectivity index (χ3v) is 7.05. The Bertz CT molecular complexity index is 993. The van der Waals surface area contributed by atoms with Gasteiger partial charge in [0.1, 0.15) is 6.10 Å². The predicted molar refractivity (Wildman–Crippen MR) is 130 cm³/mol. The highest BCUT2D eigenvalue weighted by Crippen LogP contribution is 2.43. The van der Waals surface area contributed by atoms with E-state index in [1.54, 1.807) is 0 Å². The van der Waals surface area contributed by atoms with Gasteiger partial charge in [0.25, 0.3) is 0 Å². The van der Waals surface area contributed by atoms with Crippen LogP contribution < -0.4 is 0 Å². The summed E-state index contributed by atoms with van der Waals surface area (Å²) in [6.45, 7) is 6.55. The summed E-state index contributed by atoms with van der Waals surface area (Å²) in [5, 5.41) is 19.9. The largest absolute Gasteiger partial charge is 0.505 e. The summed E-state index contributed by atoms with van der Waals surface area (Å²) >= 11 is 0. The van der Waals surface area contributed by atoms with Crippen LogP contribution in [-0.4, -0.2) is 17.2 Å². The second-order valence-corrected chi connectivity index (χ2v) is 9.79. The van der Waals surface area contributed by atoms with Crippen molar-refractivity contribution in [1.82, 2.24) is 0 Å². The first kappa shape index (κ1) is 24.5. The summed E-state index contributed by atoms with van der Waals surface area (Å²) in [6, 6.07) is 20.2. The number of benzene rings is 2. The summed E-state index contributed by atoms with van der Waals surface area (Å²) in [6.07, 6.45) is 4.08. The lowest BCUT2D eigenvalue weighted by Crippen LogP contribution is -2.43. The molecule has 0 amide bonds. The van der Waals surface area contributed by atoms with E-state index in [9.17, 15) is 15.3 Å². The minimum absolute atomic E-state index is 0.125. The molecule has 1 fully saturated rings. The van der Waals surface area contributed by atoms with Crippen molar-refractivity contribution in [3.63, 3.8) is 0 Å². The van der Waals surface area contributed by atoms with Gasteiger partial charge in [-0.25, -0.2) is 4.79 Å². The molecule has 0 aliphatic heterocycles. The number of ether oxygens (including phenoxy) is 1. The molecule has 1 aliphatic carbocycles. The minimum Gasteiger partial charge on any atom is -0.505 e. The van der Waals surface area contributed by atoms with Crippen LogP contribution in [0.4, 0.5) is 0 Å². The van der Waals surface area contributed by atoms with Crippen molar-refractivity contribution < 1.29 is 14.6 Å². The maximum atomic E-state index is 12.9. The zero-order valence-electron chi connectivity index (χ0n) is 19.9. The van der Waals surface area contributed by atoms with Crippen molar-refractivity contribution in [2.75, 3.05) is 0 Å². The van der Waals surface area contributed by atoms with Gasteiger partial charge in [-0.05, 0) is 48.1 Å². The number of allylic oxidation sites excluding steroid dienone is 1. The number of diazo groups is 1. The molecule has 0 bridgehead atoms. The highest BCUT2D eigenvalue weighted by molar-refractivity contribution is 5.90. The van der Waals surface area contributed by atoms with E-state index in [4.69, 9.17) is 4.74 Å². The van der Waals surface area contributed by atoms with Crippen molar-refractivity contribution in [3.05, 3.63) is 88.2 Å². The van der Waals surface area contributed by atoms with Crippen molar-refractivity contribution in [1.29, 1.82) is 5.39 Å². The number of carbonyl (C=O) groups is 1. The van der Waals surface area contributed by atoms with Crippen molar-refractivity contribution in [2.45, 2.75) is 70.8 Å². The number of aliphatic hydroxyl groups excluding tert-OH is 1. The Balaban J connectivity index is 1.71. The molecule has 2 aromatic rings. The van der Waals surface area contributed by atoms with Crippen LogP contribution >= 0.6 is 0 Å². The van der Waals surface area contributed by atoms with Crippen LogP contribution in [0.3, 0.4) is 0 Å². The topological polar surface area (TPSA) is 74.7 Å². The summed E-state index contributed by atoms with van der Waals surface area (Å²) < 4.78 is 5.91. The molecule has 0 saturated heterocycles. The van der Waals surface area contributed by atoms with E-state index in [0.717, 1.165) is 31.2 Å². The SMILES string of the molecule is C[C@@H]1CC[C@@H](C(C)(C)c2ccccc2)[C@@H](OC(=O)/C([N+]#N)=C(\O)CCCc2ccccc2)C1. The lowest BCUT2D eigenvalue weighted by atomic mass is 9.64. The number of nitrogens with zero attached hydrogens (tertiary/aromatic N) is 2. The van der Waals surface area contributed by atoms with E-state index < -0.39 is 11.7 Å². The van der Waals surface area contributed by atoms with Gasteiger partial charge in [-0.1, -0.05) is 87.9 Å². The molecule has 0 spiro atoms. The predicted octanol–water partition coefficient (Wildman–Crippen LogP) is 6.96. The zero-order chi connectivity index (χ0) is 23.8. The molecule has 0 heterocycles. The number of hydrogen-bond donors (Lipinski definition) is 1. The first-order valence-corrected chi connectivity index (χ1v) is 11.9. The van der Waals surface area contributed by atoms with E-state index >= 15 is 0 Å². The molecular weight excluding hydrogens is 412 g/mol. The number of aryl methyl sites for hydroxylation is 1. The number of aliphatic hydroxyl groups is 1. The fraction of sp³-hybridized carbons (Fsp3) is 0.464. The molecule has 3 rings (SSSR count). The van der Waals surface area contributed by atoms with Crippen LogP contribution in [0.1, 0.15) is 64.0 Å². The molecule has 174 valence electrons. The molecule has 2 aromatic carbocycles. The normalized spacial score (nSPS) is 21.6. The minimum atomic E-state index is -0.761. The standard InChI is InChI=1S/C28H34N2O3/c1-20-17-18-23(28(2,3)22-14-8-5-9-15-22)25(19-20)33-27(32)26(30-29)24(31)16-10-13-21-11-6-4-7-12-21/h4-9,11-12,14-15,20,23,25H,10,13,16-19H2,1-3H3/p+1/t20-,23-,25+/m1/s1. The van der Waals surface area contributed by atoms with Gasteiger partial charge in [0.15, 0.2) is 10.7 Å². The van der Waals surface area contributed by atoms with Gasteiger partial charge in [0, 0.05) is 12.3 Å². The molecule has 0 radical (unpaired) electrons. The molecule has 33 heavy (non-hydrogen) atoms. The van der Waals surface area contributed by atoms with Crippen LogP contribution in [0.15, 0.2) is 72.1 Å². The highest BCUT2D eigenvalue weighted by Gasteiger charge is 2.44. The Labute approximate surface area is 197 Å². The molecule has 3 atom stereocenters. The lowest BCUT2D eigenvalue weighted by molar-refractivity contribution is -0.151. The van der Waals surface area contributed by atoms with Crippen LogP contribution in [0.2, 0.25) is 0 Å². The second-order valence-electron chi connectivity index (χ2n) is 9.79. The maximum absolute atomic E-state index is 12.9. The van der Waals surface area contributed by atoms with Crippen molar-refractivity contribution in [2.24, 2.45) is 11.8 Å². The summed E-state index contributed by atoms with van der Waals surface area (Å²) in [5.74, 6) is -0.437. The molecule has 5 nitrogen and oxygen atoms in total. The quantitative estimate of drug-likeness (QED) is 0.205. The van der Waals surface area contributed by atoms with Gasteiger partial charge in [-0.2, -0.15) is 0 Å². The van der Waals surface area contributed by atoms with Gasteiger partial charge in [-0.15, -0.1) is 0 Å². The summed E-state index contributed by atoms with van der Waals surface area (Å²) in [4.78, 5) is 16.0. The molecule has 5 heteroatoms. The number of esters is 1. The first-order valence-electron chi connectivity index (χ1n) is 11.9. The fourth-order valence-corrected chi connectivity index (χ4v) is 5.00. The van der Waals surface area contributed by atoms with Crippen LogP contribution in [0.5, 0.6) is 0 Å². The van der Waals surface area contributed by atoms with E-state index in [1.165, 1.54) is 5.56 Å². The fourth-order valence-electron chi connectivity index (χ4n) is 5.00. The number of rotatable bonds is 8. The Kier molecular flexibility index (Phi) is 8.27. The lowest BCUT2D eigenvalue weighted by Gasteiger charge is -2.43.